The monoisotopic (exact) mass is 246 g/mol. The fourth-order valence-electron chi connectivity index (χ4n) is 1.40. The fourth-order valence-corrected chi connectivity index (χ4v) is 2.35. The summed E-state index contributed by atoms with van der Waals surface area (Å²) in [5, 5.41) is 0.828. The number of nitrogens with zero attached hydrogens (tertiary/aromatic N) is 2. The second kappa shape index (κ2) is 5.16. The highest BCUT2D eigenvalue weighted by atomic mass is 32.2. The highest BCUT2D eigenvalue weighted by Crippen LogP contribution is 2.29. The van der Waals surface area contributed by atoms with E-state index in [1.807, 2.05) is 0 Å². The number of hydrazine groups is 1. The van der Waals surface area contributed by atoms with Crippen molar-refractivity contribution in [2.75, 3.05) is 5.43 Å². The molecular formula is C12H14N4S. The zero-order valence-electron chi connectivity index (χ0n) is 9.77. The van der Waals surface area contributed by atoms with Gasteiger partial charge in [0.25, 0.3) is 0 Å². The predicted molar refractivity (Wildman–Crippen MR) is 69.9 cm³/mol. The molecule has 0 saturated heterocycles. The van der Waals surface area contributed by atoms with Crippen molar-refractivity contribution < 1.29 is 0 Å². The topological polar surface area (TPSA) is 63.8 Å². The Bertz CT molecular complexity index is 528. The van der Waals surface area contributed by atoms with Gasteiger partial charge in [0.15, 0.2) is 5.82 Å². The van der Waals surface area contributed by atoms with E-state index in [1.165, 1.54) is 16.0 Å². The molecule has 0 aliphatic heterocycles. The zero-order valence-corrected chi connectivity index (χ0v) is 10.6. The van der Waals surface area contributed by atoms with Gasteiger partial charge >= 0.3 is 0 Å². The molecule has 0 amide bonds. The van der Waals surface area contributed by atoms with Crippen molar-refractivity contribution in [3.8, 4) is 0 Å². The highest BCUT2D eigenvalue weighted by molar-refractivity contribution is 7.99. The van der Waals surface area contributed by atoms with E-state index in [0.717, 1.165) is 5.03 Å². The molecule has 0 unspecified atom stereocenters. The zero-order chi connectivity index (χ0) is 12.3. The lowest BCUT2D eigenvalue weighted by molar-refractivity contribution is 1.04. The third-order valence-corrected chi connectivity index (χ3v) is 3.38. The number of hydrogen-bond acceptors (Lipinski definition) is 5. The van der Waals surface area contributed by atoms with E-state index in [-0.39, 0.29) is 0 Å². The molecule has 2 rings (SSSR count). The quantitative estimate of drug-likeness (QED) is 0.643. The van der Waals surface area contributed by atoms with Gasteiger partial charge in [0.2, 0.25) is 0 Å². The first kappa shape index (κ1) is 11.9. The summed E-state index contributed by atoms with van der Waals surface area (Å²) in [7, 11) is 0. The summed E-state index contributed by atoms with van der Waals surface area (Å²) in [6, 6.07) is 6.35. The number of nitrogen functional groups attached to an aromatic ring is 1. The molecule has 0 saturated carbocycles. The van der Waals surface area contributed by atoms with Gasteiger partial charge in [-0.25, -0.2) is 10.8 Å². The summed E-state index contributed by atoms with van der Waals surface area (Å²) in [4.78, 5) is 9.59. The molecular weight excluding hydrogens is 232 g/mol. The number of nitrogens with one attached hydrogen (secondary N) is 1. The summed E-state index contributed by atoms with van der Waals surface area (Å²) >= 11 is 1.59. The lowest BCUT2D eigenvalue weighted by atomic mass is 10.2. The van der Waals surface area contributed by atoms with Crippen molar-refractivity contribution >= 4 is 17.6 Å². The molecule has 0 aliphatic rings. The molecule has 2 aromatic rings. The molecule has 1 aromatic heterocycles. The van der Waals surface area contributed by atoms with E-state index >= 15 is 0 Å². The number of rotatable bonds is 3. The number of nitrogens with two attached hydrogens (primary N) is 1. The molecule has 0 spiro atoms. The van der Waals surface area contributed by atoms with Crippen molar-refractivity contribution in [1.29, 1.82) is 0 Å². The van der Waals surface area contributed by atoms with Crippen molar-refractivity contribution in [3.05, 3.63) is 41.7 Å². The third-order valence-electron chi connectivity index (χ3n) is 2.32. The third kappa shape index (κ3) is 2.95. The first-order valence-electron chi connectivity index (χ1n) is 5.23. The number of hydrogen-bond donors (Lipinski definition) is 2. The Balaban J connectivity index is 2.27. The Hall–Kier alpha value is -1.59. The SMILES string of the molecule is Cc1ccc(C)c(Sc2cncc(NN)n2)c1. The van der Waals surface area contributed by atoms with Crippen LogP contribution in [0.15, 0.2) is 40.5 Å². The largest absolute Gasteiger partial charge is 0.307 e. The fraction of sp³-hybridized carbons (Fsp3) is 0.167. The van der Waals surface area contributed by atoms with Gasteiger partial charge in [-0.3, -0.25) is 4.98 Å². The van der Waals surface area contributed by atoms with Gasteiger partial charge in [-0.1, -0.05) is 23.9 Å². The summed E-state index contributed by atoms with van der Waals surface area (Å²) in [6.45, 7) is 4.16. The van der Waals surface area contributed by atoms with Crippen LogP contribution in [-0.4, -0.2) is 9.97 Å². The second-order valence-corrected chi connectivity index (χ2v) is 4.82. The highest BCUT2D eigenvalue weighted by Gasteiger charge is 2.04. The maximum absolute atomic E-state index is 5.30. The van der Waals surface area contributed by atoms with Crippen LogP contribution in [0.3, 0.4) is 0 Å². The maximum atomic E-state index is 5.30. The van der Waals surface area contributed by atoms with E-state index in [0.29, 0.717) is 5.82 Å². The van der Waals surface area contributed by atoms with E-state index in [1.54, 1.807) is 24.2 Å². The molecule has 3 N–H and O–H groups in total. The normalized spacial score (nSPS) is 10.3. The summed E-state index contributed by atoms with van der Waals surface area (Å²) in [5.74, 6) is 5.87. The Morgan fingerprint density at radius 1 is 1.24 bits per heavy atom. The van der Waals surface area contributed by atoms with E-state index < -0.39 is 0 Å². The Morgan fingerprint density at radius 2 is 2.06 bits per heavy atom. The summed E-state index contributed by atoms with van der Waals surface area (Å²) < 4.78 is 0. The first-order valence-corrected chi connectivity index (χ1v) is 6.04. The van der Waals surface area contributed by atoms with Crippen LogP contribution in [0.1, 0.15) is 11.1 Å². The molecule has 0 atom stereocenters. The molecule has 1 heterocycles. The summed E-state index contributed by atoms with van der Waals surface area (Å²) in [6.07, 6.45) is 3.32. The average molecular weight is 246 g/mol. The molecule has 0 aliphatic carbocycles. The van der Waals surface area contributed by atoms with Crippen LogP contribution in [0.4, 0.5) is 5.82 Å². The molecule has 0 bridgehead atoms. The molecule has 0 radical (unpaired) electrons. The van der Waals surface area contributed by atoms with Crippen LogP contribution in [-0.2, 0) is 0 Å². The minimum atomic E-state index is 0.570. The van der Waals surface area contributed by atoms with E-state index in [9.17, 15) is 0 Å². The molecule has 0 fully saturated rings. The summed E-state index contributed by atoms with van der Waals surface area (Å²) in [5.41, 5.74) is 4.96. The molecule has 4 nitrogen and oxygen atoms in total. The lowest BCUT2D eigenvalue weighted by Gasteiger charge is -2.06. The van der Waals surface area contributed by atoms with Crippen LogP contribution in [0.25, 0.3) is 0 Å². The van der Waals surface area contributed by atoms with Crippen LogP contribution >= 0.6 is 11.8 Å². The van der Waals surface area contributed by atoms with Crippen LogP contribution in [0.2, 0.25) is 0 Å². The van der Waals surface area contributed by atoms with Gasteiger partial charge in [-0.15, -0.1) is 0 Å². The van der Waals surface area contributed by atoms with Gasteiger partial charge in [-0.05, 0) is 31.0 Å². The van der Waals surface area contributed by atoms with Crippen molar-refractivity contribution in [2.45, 2.75) is 23.8 Å². The standard InChI is InChI=1S/C12H14N4S/c1-8-3-4-9(2)10(5-8)17-12-7-14-6-11(15-12)16-13/h3-7H,13H2,1-2H3,(H,15,16). The van der Waals surface area contributed by atoms with Crippen molar-refractivity contribution in [3.63, 3.8) is 0 Å². The smallest absolute Gasteiger partial charge is 0.159 e. The minimum Gasteiger partial charge on any atom is -0.307 e. The molecule has 5 heteroatoms. The molecule has 17 heavy (non-hydrogen) atoms. The number of aromatic nitrogens is 2. The lowest BCUT2D eigenvalue weighted by Crippen LogP contribution is -2.08. The van der Waals surface area contributed by atoms with E-state index in [2.05, 4.69) is 47.4 Å². The van der Waals surface area contributed by atoms with E-state index in [4.69, 9.17) is 5.84 Å². The van der Waals surface area contributed by atoms with Crippen LogP contribution in [0, 0.1) is 13.8 Å². The Morgan fingerprint density at radius 3 is 2.82 bits per heavy atom. The number of aryl methyl sites for hydroxylation is 2. The van der Waals surface area contributed by atoms with Gasteiger partial charge in [0, 0.05) is 4.90 Å². The average Bonchev–Trinajstić information content (AvgIpc) is 2.34. The van der Waals surface area contributed by atoms with Crippen molar-refractivity contribution in [2.24, 2.45) is 5.84 Å². The first-order chi connectivity index (χ1) is 8.19. The second-order valence-electron chi connectivity index (χ2n) is 3.76. The number of benzene rings is 1. The van der Waals surface area contributed by atoms with Gasteiger partial charge < -0.3 is 5.43 Å². The Kier molecular flexibility index (Phi) is 3.61. The number of anilines is 1. The van der Waals surface area contributed by atoms with Gasteiger partial charge in [0.05, 0.1) is 12.4 Å². The van der Waals surface area contributed by atoms with Crippen LogP contribution < -0.4 is 11.3 Å². The van der Waals surface area contributed by atoms with Crippen LogP contribution in [0.5, 0.6) is 0 Å². The molecule has 1 aromatic carbocycles. The Labute approximate surface area is 105 Å². The van der Waals surface area contributed by atoms with Gasteiger partial charge in [0.1, 0.15) is 5.03 Å². The molecule has 88 valence electrons. The minimum absolute atomic E-state index is 0.570. The maximum Gasteiger partial charge on any atom is 0.159 e. The van der Waals surface area contributed by atoms with Crippen molar-refractivity contribution in [1.82, 2.24) is 9.97 Å². The van der Waals surface area contributed by atoms with Gasteiger partial charge in [-0.2, -0.15) is 0 Å². The predicted octanol–water partition coefficient (Wildman–Crippen LogP) is 2.53.